The number of hydrogen-bond acceptors (Lipinski definition) is 10. The SMILES string of the molecule is O=C(O)[C@@H]1OCCOCCO[C@@H](C(=O)NCCC[Si])[C@H](C(=O)O)OCCOCCO[C@H]1C(=O)NCCC[Si]. The summed E-state index contributed by atoms with van der Waals surface area (Å²) in [5, 5.41) is 24.5. The van der Waals surface area contributed by atoms with Crippen LogP contribution in [-0.4, -0.2) is 145 Å². The van der Waals surface area contributed by atoms with Crippen LogP contribution in [0.3, 0.4) is 0 Å². The van der Waals surface area contributed by atoms with Gasteiger partial charge in [-0.1, -0.05) is 12.1 Å². The number of amides is 2. The van der Waals surface area contributed by atoms with Crippen molar-refractivity contribution < 1.29 is 57.8 Å². The molecule has 4 N–H and O–H groups in total. The molecule has 1 heterocycles. The lowest BCUT2D eigenvalue weighted by molar-refractivity contribution is -0.175. The molecule has 0 saturated carbocycles. The average molecular weight is 577 g/mol. The van der Waals surface area contributed by atoms with Gasteiger partial charge in [-0.15, -0.1) is 0 Å². The van der Waals surface area contributed by atoms with E-state index in [4.69, 9.17) is 28.4 Å². The molecule has 214 valence electrons. The first-order valence-corrected chi connectivity index (χ1v) is 13.7. The minimum atomic E-state index is -1.59. The third-order valence-corrected chi connectivity index (χ3v) is 5.67. The number of carbonyl (C=O) groups is 4. The fourth-order valence-electron chi connectivity index (χ4n) is 3.12. The molecule has 2 amide bonds. The second-order valence-corrected chi connectivity index (χ2v) is 8.86. The number of carbonyl (C=O) groups excluding carboxylic acids is 2. The molecule has 0 bridgehead atoms. The van der Waals surface area contributed by atoms with Crippen molar-refractivity contribution in [2.45, 2.75) is 49.3 Å². The summed E-state index contributed by atoms with van der Waals surface area (Å²) < 4.78 is 32.5. The highest BCUT2D eigenvalue weighted by Gasteiger charge is 2.37. The lowest BCUT2D eigenvalue weighted by atomic mass is 10.2. The van der Waals surface area contributed by atoms with E-state index in [1.807, 2.05) is 0 Å². The van der Waals surface area contributed by atoms with Crippen molar-refractivity contribution in [1.29, 1.82) is 0 Å². The molecule has 6 radical (unpaired) electrons. The quantitative estimate of drug-likeness (QED) is 0.165. The van der Waals surface area contributed by atoms with Gasteiger partial charge in [-0.25, -0.2) is 9.59 Å². The molecule has 1 aliphatic heterocycles. The zero-order valence-corrected chi connectivity index (χ0v) is 23.2. The molecule has 38 heavy (non-hydrogen) atoms. The monoisotopic (exact) mass is 576 g/mol. The molecule has 0 spiro atoms. The molecule has 1 saturated heterocycles. The van der Waals surface area contributed by atoms with E-state index < -0.39 is 48.2 Å². The van der Waals surface area contributed by atoms with Crippen LogP contribution in [0.4, 0.5) is 0 Å². The van der Waals surface area contributed by atoms with Gasteiger partial charge in [0.1, 0.15) is 0 Å². The highest BCUT2D eigenvalue weighted by molar-refractivity contribution is 6.08. The molecule has 0 aliphatic carbocycles. The molecule has 16 heteroatoms. The van der Waals surface area contributed by atoms with Gasteiger partial charge in [0.25, 0.3) is 11.8 Å². The molecule has 0 aromatic rings. The summed E-state index contributed by atoms with van der Waals surface area (Å²) >= 11 is 0. The van der Waals surface area contributed by atoms with Crippen LogP contribution in [0.15, 0.2) is 0 Å². The third-order valence-electron chi connectivity index (χ3n) is 4.96. The van der Waals surface area contributed by atoms with Crippen LogP contribution in [0.5, 0.6) is 0 Å². The smallest absolute Gasteiger partial charge is 0.336 e. The lowest BCUT2D eigenvalue weighted by Crippen LogP contribution is -2.50. The Hall–Kier alpha value is -1.93. The van der Waals surface area contributed by atoms with Gasteiger partial charge in [-0.2, -0.15) is 0 Å². The van der Waals surface area contributed by atoms with E-state index in [1.165, 1.54) is 0 Å². The Balaban J connectivity index is 2.86. The fraction of sp³-hybridized carbons (Fsp3) is 0.818. The molecule has 0 unspecified atom stereocenters. The predicted molar refractivity (Wildman–Crippen MR) is 132 cm³/mol. The Morgan fingerprint density at radius 3 is 1.18 bits per heavy atom. The maximum atomic E-state index is 12.6. The molecule has 4 atom stereocenters. The van der Waals surface area contributed by atoms with E-state index in [0.717, 1.165) is 0 Å². The van der Waals surface area contributed by atoms with Crippen molar-refractivity contribution in [3.63, 3.8) is 0 Å². The number of carboxylic acid groups (broad SMARTS) is 2. The van der Waals surface area contributed by atoms with Gasteiger partial charge in [0.15, 0.2) is 24.4 Å². The Morgan fingerprint density at radius 1 is 0.579 bits per heavy atom. The van der Waals surface area contributed by atoms with Crippen molar-refractivity contribution in [1.82, 2.24) is 10.6 Å². The van der Waals surface area contributed by atoms with E-state index in [-0.39, 0.29) is 52.9 Å². The normalized spacial score (nSPS) is 24.9. The van der Waals surface area contributed by atoms with E-state index in [9.17, 15) is 29.4 Å². The number of carboxylic acids is 2. The Bertz CT molecular complexity index is 660. The van der Waals surface area contributed by atoms with Crippen molar-refractivity contribution in [3.05, 3.63) is 0 Å². The number of ether oxygens (including phenoxy) is 6. The van der Waals surface area contributed by atoms with Crippen LogP contribution in [0.25, 0.3) is 0 Å². The first kappa shape index (κ1) is 34.1. The zero-order chi connectivity index (χ0) is 28.2. The first-order chi connectivity index (χ1) is 18.3. The van der Waals surface area contributed by atoms with Gasteiger partial charge in [0, 0.05) is 33.6 Å². The van der Waals surface area contributed by atoms with Gasteiger partial charge in [0.05, 0.1) is 52.9 Å². The lowest BCUT2D eigenvalue weighted by Gasteiger charge is -2.25. The predicted octanol–water partition coefficient (Wildman–Crippen LogP) is -2.07. The van der Waals surface area contributed by atoms with E-state index in [1.54, 1.807) is 0 Å². The summed E-state index contributed by atoms with van der Waals surface area (Å²) in [4.78, 5) is 48.8. The van der Waals surface area contributed by atoms with E-state index in [2.05, 4.69) is 31.1 Å². The van der Waals surface area contributed by atoms with Crippen molar-refractivity contribution >= 4 is 44.2 Å². The minimum Gasteiger partial charge on any atom is -0.479 e. The molecule has 1 aliphatic rings. The summed E-state index contributed by atoms with van der Waals surface area (Å²) in [5.74, 6) is -4.06. The number of rotatable bonds is 10. The van der Waals surface area contributed by atoms with Crippen molar-refractivity contribution in [2.75, 3.05) is 65.9 Å². The number of hydrogen-bond donors (Lipinski definition) is 4. The topological polar surface area (TPSA) is 188 Å². The van der Waals surface area contributed by atoms with E-state index >= 15 is 0 Å². The maximum Gasteiger partial charge on any atom is 0.336 e. The third kappa shape index (κ3) is 13.7. The standard InChI is InChI=1S/C22H36N2O12Si2/c25-19(23-3-1-13-37)15-17(21(27)28)35-11-7-32-6-10-34-16(20(26)24-4-2-14-38)18(22(29)30)36-12-8-31-5-9-33-15/h15-18H,1-14H2,(H,23,25)(H,24,26)(H,27,28)(H,29,30)/t15-,16-,17-,18-/m1/s1. The van der Waals surface area contributed by atoms with Crippen LogP contribution in [0.1, 0.15) is 12.8 Å². The summed E-state index contributed by atoms with van der Waals surface area (Å²) in [6.45, 7) is -0.255. The Labute approximate surface area is 228 Å². The summed E-state index contributed by atoms with van der Waals surface area (Å²) in [6, 6.07) is 1.29. The Morgan fingerprint density at radius 2 is 0.895 bits per heavy atom. The first-order valence-electron chi connectivity index (χ1n) is 12.3. The zero-order valence-electron chi connectivity index (χ0n) is 21.2. The van der Waals surface area contributed by atoms with Crippen LogP contribution in [0, 0.1) is 0 Å². The van der Waals surface area contributed by atoms with Crippen LogP contribution in [-0.2, 0) is 47.6 Å². The molecule has 14 nitrogen and oxygen atoms in total. The fourth-order valence-corrected chi connectivity index (χ4v) is 3.47. The molecule has 1 fully saturated rings. The minimum absolute atomic E-state index is 0.0474. The second kappa shape index (κ2) is 21.0. The molecule has 0 aromatic carbocycles. The molecule has 1 rings (SSSR count). The van der Waals surface area contributed by atoms with Crippen LogP contribution in [0.2, 0.25) is 12.1 Å². The van der Waals surface area contributed by atoms with E-state index in [0.29, 0.717) is 38.0 Å². The van der Waals surface area contributed by atoms with Crippen molar-refractivity contribution in [3.8, 4) is 0 Å². The summed E-state index contributed by atoms with van der Waals surface area (Å²) in [6.07, 6.45) is -4.81. The number of nitrogens with one attached hydrogen (secondary N) is 2. The maximum absolute atomic E-state index is 12.6. The van der Waals surface area contributed by atoms with Gasteiger partial charge >= 0.3 is 11.9 Å². The highest BCUT2D eigenvalue weighted by Crippen LogP contribution is 2.09. The molecular formula is C22H36N2O12Si2. The second-order valence-electron chi connectivity index (χ2n) is 7.86. The average Bonchev–Trinajstić information content (AvgIpc) is 2.87. The summed E-state index contributed by atoms with van der Waals surface area (Å²) in [5.41, 5.74) is 0. The summed E-state index contributed by atoms with van der Waals surface area (Å²) in [7, 11) is 6.60. The number of aliphatic carboxylic acids is 2. The van der Waals surface area contributed by atoms with Crippen molar-refractivity contribution in [2.24, 2.45) is 0 Å². The molecule has 0 aromatic heterocycles. The van der Waals surface area contributed by atoms with Crippen LogP contribution < -0.4 is 10.6 Å². The Kier molecular flexibility index (Phi) is 18.8. The molecular weight excluding hydrogens is 540 g/mol. The van der Waals surface area contributed by atoms with Gasteiger partial charge in [-0.3, -0.25) is 9.59 Å². The largest absolute Gasteiger partial charge is 0.479 e. The van der Waals surface area contributed by atoms with Gasteiger partial charge in [-0.05, 0) is 12.8 Å². The van der Waals surface area contributed by atoms with Gasteiger partial charge in [0.2, 0.25) is 0 Å². The highest BCUT2D eigenvalue weighted by atomic mass is 28.1. The van der Waals surface area contributed by atoms with Gasteiger partial charge < -0.3 is 49.3 Å². The van der Waals surface area contributed by atoms with Crippen LogP contribution >= 0.6 is 0 Å².